The first kappa shape index (κ1) is 28.4. The molecule has 1 amide bonds. The average molecular weight is 552 g/mol. The summed E-state index contributed by atoms with van der Waals surface area (Å²) in [5, 5.41) is 14.1. The van der Waals surface area contributed by atoms with Crippen LogP contribution in [0.3, 0.4) is 0 Å². The second-order valence-electron chi connectivity index (χ2n) is 10.7. The van der Waals surface area contributed by atoms with Gasteiger partial charge in [-0.1, -0.05) is 19.1 Å². The van der Waals surface area contributed by atoms with Gasteiger partial charge < -0.3 is 20.3 Å². The monoisotopic (exact) mass is 551 g/mol. The summed E-state index contributed by atoms with van der Waals surface area (Å²) in [7, 11) is 0. The van der Waals surface area contributed by atoms with Gasteiger partial charge in [0.25, 0.3) is 0 Å². The SMILES string of the molecule is CCC(=O)Cc1ccc(Sc2nc(Nc3cc(C)[nH]n3)cc(N3CCC(NC(=O)OC(C)(C)C)CC3)n2)cc1. The molecule has 3 heterocycles. The van der Waals surface area contributed by atoms with E-state index >= 15 is 0 Å². The largest absolute Gasteiger partial charge is 0.444 e. The lowest BCUT2D eigenvalue weighted by Gasteiger charge is -2.33. The zero-order chi connectivity index (χ0) is 28.0. The van der Waals surface area contributed by atoms with Crippen LogP contribution in [0.5, 0.6) is 0 Å². The van der Waals surface area contributed by atoms with E-state index in [4.69, 9.17) is 14.7 Å². The number of alkyl carbamates (subject to hydrolysis) is 1. The van der Waals surface area contributed by atoms with E-state index in [-0.39, 0.29) is 17.9 Å². The summed E-state index contributed by atoms with van der Waals surface area (Å²) in [6.07, 6.45) is 2.17. The number of aromatic nitrogens is 4. The highest BCUT2D eigenvalue weighted by molar-refractivity contribution is 7.99. The second-order valence-corrected chi connectivity index (χ2v) is 11.7. The standard InChI is InChI=1S/C28H37N7O3S/c1-6-21(36)16-19-7-9-22(10-8-19)39-26-31-23(30-24-15-18(2)33-34-24)17-25(32-26)35-13-11-20(12-14-35)29-27(37)38-28(3,4)5/h7-10,15,17,20H,6,11-14,16H2,1-5H3,(H,29,37)(H2,30,31,32,33,34). The van der Waals surface area contributed by atoms with Gasteiger partial charge in [0.1, 0.15) is 23.0 Å². The molecular weight excluding hydrogens is 514 g/mol. The Labute approximate surface area is 233 Å². The first-order valence-corrected chi connectivity index (χ1v) is 14.1. The maximum Gasteiger partial charge on any atom is 0.407 e. The zero-order valence-corrected chi connectivity index (χ0v) is 24.0. The van der Waals surface area contributed by atoms with Crippen LogP contribution in [0.15, 0.2) is 46.5 Å². The molecule has 2 aromatic heterocycles. The summed E-state index contributed by atoms with van der Waals surface area (Å²) in [5.41, 5.74) is 1.42. The van der Waals surface area contributed by atoms with Crippen molar-refractivity contribution in [2.45, 2.75) is 82.0 Å². The average Bonchev–Trinajstić information content (AvgIpc) is 3.28. The number of ketones is 1. The molecule has 1 aromatic carbocycles. The van der Waals surface area contributed by atoms with Crippen LogP contribution < -0.4 is 15.5 Å². The number of carbonyl (C=O) groups is 2. The number of hydrogen-bond donors (Lipinski definition) is 3. The van der Waals surface area contributed by atoms with Crippen LogP contribution in [0, 0.1) is 6.92 Å². The number of amides is 1. The Kier molecular flexibility index (Phi) is 9.11. The minimum atomic E-state index is -0.524. The van der Waals surface area contributed by atoms with Gasteiger partial charge in [0.15, 0.2) is 11.0 Å². The van der Waals surface area contributed by atoms with Crippen LogP contribution in [0.1, 0.15) is 58.2 Å². The molecule has 10 nitrogen and oxygen atoms in total. The molecule has 3 aromatic rings. The third-order valence-corrected chi connectivity index (χ3v) is 7.00. The molecule has 1 fully saturated rings. The van der Waals surface area contributed by atoms with Crippen molar-refractivity contribution in [3.05, 3.63) is 47.7 Å². The predicted molar refractivity (Wildman–Crippen MR) is 153 cm³/mol. The maximum absolute atomic E-state index is 12.2. The predicted octanol–water partition coefficient (Wildman–Crippen LogP) is 5.42. The van der Waals surface area contributed by atoms with E-state index in [0.29, 0.717) is 29.6 Å². The first-order chi connectivity index (χ1) is 18.6. The summed E-state index contributed by atoms with van der Waals surface area (Å²) in [6, 6.07) is 11.8. The summed E-state index contributed by atoms with van der Waals surface area (Å²) in [6.45, 7) is 10.9. The molecule has 1 saturated heterocycles. The summed E-state index contributed by atoms with van der Waals surface area (Å²) >= 11 is 1.47. The Morgan fingerprint density at radius 2 is 1.82 bits per heavy atom. The van der Waals surface area contributed by atoms with Gasteiger partial charge in [-0.15, -0.1) is 0 Å². The normalized spacial score (nSPS) is 14.2. The molecule has 3 N–H and O–H groups in total. The summed E-state index contributed by atoms with van der Waals surface area (Å²) in [4.78, 5) is 36.8. The third kappa shape index (κ3) is 8.71. The van der Waals surface area contributed by atoms with Crippen molar-refractivity contribution >= 4 is 41.1 Å². The molecular formula is C28H37N7O3S. The summed E-state index contributed by atoms with van der Waals surface area (Å²) in [5.74, 6) is 2.36. The van der Waals surface area contributed by atoms with Crippen molar-refractivity contribution in [1.82, 2.24) is 25.5 Å². The van der Waals surface area contributed by atoms with Crippen LogP contribution in [-0.2, 0) is 16.0 Å². The van der Waals surface area contributed by atoms with Gasteiger partial charge in [0.2, 0.25) is 0 Å². The number of anilines is 3. The highest BCUT2D eigenvalue weighted by atomic mass is 32.2. The molecule has 0 unspecified atom stereocenters. The Balaban J connectivity index is 1.47. The molecule has 208 valence electrons. The topological polar surface area (TPSA) is 125 Å². The maximum atomic E-state index is 12.2. The fourth-order valence-electron chi connectivity index (χ4n) is 4.16. The number of Topliss-reactive ketones (excluding diaryl/α,β-unsaturated/α-hetero) is 1. The van der Waals surface area contributed by atoms with E-state index in [9.17, 15) is 9.59 Å². The number of ether oxygens (including phenoxy) is 1. The molecule has 4 rings (SSSR count). The van der Waals surface area contributed by atoms with Gasteiger partial charge in [-0.25, -0.2) is 14.8 Å². The quantitative estimate of drug-likeness (QED) is 0.299. The molecule has 39 heavy (non-hydrogen) atoms. The highest BCUT2D eigenvalue weighted by Crippen LogP contribution is 2.30. The molecule has 0 saturated carbocycles. The van der Waals surface area contributed by atoms with Crippen molar-refractivity contribution < 1.29 is 14.3 Å². The number of rotatable bonds is 9. The minimum absolute atomic E-state index is 0.0505. The fraction of sp³-hybridized carbons (Fsp3) is 0.464. The molecule has 1 aliphatic rings. The van der Waals surface area contributed by atoms with Crippen molar-refractivity contribution in [1.29, 1.82) is 0 Å². The van der Waals surface area contributed by atoms with Gasteiger partial charge in [0.05, 0.1) is 0 Å². The van der Waals surface area contributed by atoms with Gasteiger partial charge >= 0.3 is 6.09 Å². The van der Waals surface area contributed by atoms with Gasteiger partial charge in [-0.3, -0.25) is 9.89 Å². The highest BCUT2D eigenvalue weighted by Gasteiger charge is 2.25. The van der Waals surface area contributed by atoms with E-state index in [2.05, 4.69) is 25.7 Å². The third-order valence-electron chi connectivity index (χ3n) is 6.12. The second kappa shape index (κ2) is 12.5. The van der Waals surface area contributed by atoms with Crippen molar-refractivity contribution in [2.24, 2.45) is 0 Å². The lowest BCUT2D eigenvalue weighted by Crippen LogP contribution is -2.46. The van der Waals surface area contributed by atoms with Crippen LogP contribution in [-0.4, -0.2) is 56.8 Å². The number of aryl methyl sites for hydroxylation is 1. The number of nitrogens with one attached hydrogen (secondary N) is 3. The molecule has 11 heteroatoms. The zero-order valence-electron chi connectivity index (χ0n) is 23.2. The van der Waals surface area contributed by atoms with Crippen molar-refractivity contribution in [3.8, 4) is 0 Å². The first-order valence-electron chi connectivity index (χ1n) is 13.3. The van der Waals surface area contributed by atoms with E-state index in [1.807, 2.05) is 71.0 Å². The number of aromatic amines is 1. The Morgan fingerprint density at radius 1 is 1.10 bits per heavy atom. The van der Waals surface area contributed by atoms with E-state index < -0.39 is 5.60 Å². The summed E-state index contributed by atoms with van der Waals surface area (Å²) < 4.78 is 5.41. The van der Waals surface area contributed by atoms with Crippen LogP contribution in [0.2, 0.25) is 0 Å². The van der Waals surface area contributed by atoms with Gasteiger partial charge in [-0.2, -0.15) is 5.10 Å². The molecule has 0 atom stereocenters. The lowest BCUT2D eigenvalue weighted by atomic mass is 10.1. The fourth-order valence-corrected chi connectivity index (χ4v) is 4.92. The Morgan fingerprint density at radius 3 is 2.44 bits per heavy atom. The van der Waals surface area contributed by atoms with Crippen molar-refractivity contribution in [3.63, 3.8) is 0 Å². The number of piperidine rings is 1. The number of H-pyrrole nitrogens is 1. The van der Waals surface area contributed by atoms with Gasteiger partial charge in [0, 0.05) is 54.7 Å². The lowest BCUT2D eigenvalue weighted by molar-refractivity contribution is -0.118. The van der Waals surface area contributed by atoms with E-state index in [1.165, 1.54) is 11.8 Å². The van der Waals surface area contributed by atoms with Crippen LogP contribution in [0.4, 0.5) is 22.2 Å². The number of hydrogen-bond acceptors (Lipinski definition) is 9. The molecule has 0 bridgehead atoms. The molecule has 1 aliphatic heterocycles. The molecule has 0 aliphatic carbocycles. The number of carbonyl (C=O) groups excluding carboxylic acids is 2. The van der Waals surface area contributed by atoms with E-state index in [0.717, 1.165) is 47.9 Å². The van der Waals surface area contributed by atoms with Crippen molar-refractivity contribution in [2.75, 3.05) is 23.3 Å². The Bertz CT molecular complexity index is 1280. The van der Waals surface area contributed by atoms with E-state index in [1.54, 1.807) is 0 Å². The Hall–Kier alpha value is -3.60. The minimum Gasteiger partial charge on any atom is -0.444 e. The smallest absolute Gasteiger partial charge is 0.407 e. The number of nitrogens with zero attached hydrogens (tertiary/aromatic N) is 4. The molecule has 0 spiro atoms. The number of benzene rings is 1. The van der Waals surface area contributed by atoms with Crippen LogP contribution >= 0.6 is 11.8 Å². The van der Waals surface area contributed by atoms with Gasteiger partial charge in [-0.05, 0) is 70.0 Å². The van der Waals surface area contributed by atoms with Crippen LogP contribution in [0.25, 0.3) is 0 Å². The molecule has 0 radical (unpaired) electrons.